The summed E-state index contributed by atoms with van der Waals surface area (Å²) in [7, 11) is 2.02. The van der Waals surface area contributed by atoms with Gasteiger partial charge >= 0.3 is 0 Å². The van der Waals surface area contributed by atoms with E-state index in [-0.39, 0.29) is 0 Å². The molecule has 0 aliphatic heterocycles. The summed E-state index contributed by atoms with van der Waals surface area (Å²) >= 11 is 1.73. The van der Waals surface area contributed by atoms with Gasteiger partial charge in [-0.05, 0) is 19.4 Å². The van der Waals surface area contributed by atoms with E-state index in [4.69, 9.17) is 0 Å². The second-order valence-electron chi connectivity index (χ2n) is 3.49. The third-order valence-electron chi connectivity index (χ3n) is 2.48. The first-order valence-corrected chi connectivity index (χ1v) is 5.71. The molecule has 2 unspecified atom stereocenters. The molecule has 1 aromatic rings. The maximum atomic E-state index is 4.10. The van der Waals surface area contributed by atoms with Crippen molar-refractivity contribution in [1.29, 1.82) is 0 Å². The predicted octanol–water partition coefficient (Wildman–Crippen LogP) is 2.84. The standard InChI is InChI=1S/C10H18N2S/c1-4-8(2)5-9(11-3)10-6-12-7-13-10/h6-9,11H,4-5H2,1-3H3. The van der Waals surface area contributed by atoms with Crippen LogP contribution in [-0.2, 0) is 0 Å². The molecule has 0 saturated heterocycles. The van der Waals surface area contributed by atoms with E-state index in [2.05, 4.69) is 24.1 Å². The van der Waals surface area contributed by atoms with Gasteiger partial charge < -0.3 is 5.32 Å². The number of nitrogens with one attached hydrogen (secondary N) is 1. The fraction of sp³-hybridized carbons (Fsp3) is 0.700. The maximum Gasteiger partial charge on any atom is 0.0794 e. The first-order chi connectivity index (χ1) is 6.27. The predicted molar refractivity (Wildman–Crippen MR) is 58.0 cm³/mol. The van der Waals surface area contributed by atoms with Gasteiger partial charge in [0.15, 0.2) is 0 Å². The van der Waals surface area contributed by atoms with Gasteiger partial charge in [0.2, 0.25) is 0 Å². The Balaban J connectivity index is 2.53. The van der Waals surface area contributed by atoms with Crippen LogP contribution in [0.5, 0.6) is 0 Å². The maximum absolute atomic E-state index is 4.10. The van der Waals surface area contributed by atoms with Crippen molar-refractivity contribution in [1.82, 2.24) is 10.3 Å². The Morgan fingerprint density at radius 1 is 1.62 bits per heavy atom. The van der Waals surface area contributed by atoms with Crippen LogP contribution in [0.3, 0.4) is 0 Å². The summed E-state index contributed by atoms with van der Waals surface area (Å²) in [6, 6.07) is 0.488. The summed E-state index contributed by atoms with van der Waals surface area (Å²) in [4.78, 5) is 5.45. The Bertz CT molecular complexity index is 221. The lowest BCUT2D eigenvalue weighted by molar-refractivity contribution is 0.426. The first kappa shape index (κ1) is 10.7. The summed E-state index contributed by atoms with van der Waals surface area (Å²) in [5, 5.41) is 3.34. The normalized spacial score (nSPS) is 15.6. The number of rotatable bonds is 5. The molecule has 0 amide bonds. The minimum Gasteiger partial charge on any atom is -0.312 e. The zero-order valence-corrected chi connectivity index (χ0v) is 9.40. The smallest absolute Gasteiger partial charge is 0.0794 e. The molecule has 1 aromatic heterocycles. The van der Waals surface area contributed by atoms with Gasteiger partial charge in [0, 0.05) is 17.1 Å². The topological polar surface area (TPSA) is 24.9 Å². The molecule has 0 aliphatic carbocycles. The molecule has 13 heavy (non-hydrogen) atoms. The van der Waals surface area contributed by atoms with Crippen LogP contribution in [0.25, 0.3) is 0 Å². The molecule has 0 aliphatic rings. The van der Waals surface area contributed by atoms with Crippen molar-refractivity contribution >= 4 is 11.3 Å². The van der Waals surface area contributed by atoms with E-state index in [1.807, 2.05) is 18.8 Å². The lowest BCUT2D eigenvalue weighted by Crippen LogP contribution is -2.17. The Labute approximate surface area is 84.4 Å². The Morgan fingerprint density at radius 3 is 2.85 bits per heavy atom. The van der Waals surface area contributed by atoms with Gasteiger partial charge in [0.05, 0.1) is 5.51 Å². The van der Waals surface area contributed by atoms with E-state index in [1.165, 1.54) is 17.7 Å². The van der Waals surface area contributed by atoms with Crippen LogP contribution >= 0.6 is 11.3 Å². The zero-order valence-electron chi connectivity index (χ0n) is 8.58. The largest absolute Gasteiger partial charge is 0.312 e. The third-order valence-corrected chi connectivity index (χ3v) is 3.37. The molecule has 0 bridgehead atoms. The van der Waals surface area contributed by atoms with Crippen LogP contribution in [0.2, 0.25) is 0 Å². The molecule has 74 valence electrons. The number of hydrogen-bond acceptors (Lipinski definition) is 3. The fourth-order valence-electron chi connectivity index (χ4n) is 1.34. The molecule has 0 spiro atoms. The van der Waals surface area contributed by atoms with Crippen molar-refractivity contribution in [3.05, 3.63) is 16.6 Å². The SMILES string of the molecule is CCC(C)CC(NC)c1cncs1. The average Bonchev–Trinajstić information content (AvgIpc) is 2.66. The molecule has 2 atom stereocenters. The molecule has 3 heteroatoms. The molecule has 1 rings (SSSR count). The average molecular weight is 198 g/mol. The summed E-state index contributed by atoms with van der Waals surface area (Å²) in [5.74, 6) is 0.777. The van der Waals surface area contributed by atoms with Gasteiger partial charge in [-0.1, -0.05) is 20.3 Å². The Hall–Kier alpha value is -0.410. The minimum atomic E-state index is 0.488. The van der Waals surface area contributed by atoms with E-state index < -0.39 is 0 Å². The molecule has 2 nitrogen and oxygen atoms in total. The number of aromatic nitrogens is 1. The highest BCUT2D eigenvalue weighted by Gasteiger charge is 2.13. The summed E-state index contributed by atoms with van der Waals surface area (Å²) < 4.78 is 0. The van der Waals surface area contributed by atoms with Crippen LogP contribution in [0.15, 0.2) is 11.7 Å². The highest BCUT2D eigenvalue weighted by atomic mass is 32.1. The van der Waals surface area contributed by atoms with Gasteiger partial charge in [0.1, 0.15) is 0 Å². The highest BCUT2D eigenvalue weighted by Crippen LogP contribution is 2.24. The van der Waals surface area contributed by atoms with Crippen molar-refractivity contribution in [3.63, 3.8) is 0 Å². The monoisotopic (exact) mass is 198 g/mol. The highest BCUT2D eigenvalue weighted by molar-refractivity contribution is 7.09. The van der Waals surface area contributed by atoms with Crippen molar-refractivity contribution in [2.24, 2.45) is 5.92 Å². The van der Waals surface area contributed by atoms with E-state index in [0.717, 1.165) is 5.92 Å². The van der Waals surface area contributed by atoms with E-state index in [0.29, 0.717) is 6.04 Å². The van der Waals surface area contributed by atoms with Gasteiger partial charge in [-0.3, -0.25) is 4.98 Å². The first-order valence-electron chi connectivity index (χ1n) is 4.83. The quantitative estimate of drug-likeness (QED) is 0.787. The third kappa shape index (κ3) is 3.08. The van der Waals surface area contributed by atoms with Gasteiger partial charge in [-0.15, -0.1) is 11.3 Å². The Morgan fingerprint density at radius 2 is 2.38 bits per heavy atom. The number of thiazole rings is 1. The van der Waals surface area contributed by atoms with Crippen LogP contribution in [-0.4, -0.2) is 12.0 Å². The molecule has 0 fully saturated rings. The zero-order chi connectivity index (χ0) is 9.68. The molecule has 1 N–H and O–H groups in total. The van der Waals surface area contributed by atoms with Crippen molar-refractivity contribution in [2.45, 2.75) is 32.7 Å². The van der Waals surface area contributed by atoms with Crippen LogP contribution in [0.1, 0.15) is 37.6 Å². The van der Waals surface area contributed by atoms with Crippen molar-refractivity contribution in [3.8, 4) is 0 Å². The van der Waals surface area contributed by atoms with Gasteiger partial charge in [0.25, 0.3) is 0 Å². The molecule has 0 radical (unpaired) electrons. The van der Waals surface area contributed by atoms with Crippen molar-refractivity contribution in [2.75, 3.05) is 7.05 Å². The molecule has 0 saturated carbocycles. The van der Waals surface area contributed by atoms with Crippen molar-refractivity contribution < 1.29 is 0 Å². The van der Waals surface area contributed by atoms with E-state index in [1.54, 1.807) is 11.3 Å². The van der Waals surface area contributed by atoms with Crippen LogP contribution < -0.4 is 5.32 Å². The summed E-state index contributed by atoms with van der Waals surface area (Å²) in [6.07, 6.45) is 4.42. The molecular weight excluding hydrogens is 180 g/mol. The van der Waals surface area contributed by atoms with Crippen LogP contribution in [0, 0.1) is 5.92 Å². The number of hydrogen-bond donors (Lipinski definition) is 1. The van der Waals surface area contributed by atoms with Gasteiger partial charge in [-0.2, -0.15) is 0 Å². The minimum absolute atomic E-state index is 0.488. The van der Waals surface area contributed by atoms with E-state index >= 15 is 0 Å². The Kier molecular flexibility index (Phi) is 4.39. The number of nitrogens with zero attached hydrogens (tertiary/aromatic N) is 1. The molecular formula is C10H18N2S. The summed E-state index contributed by atoms with van der Waals surface area (Å²) in [5.41, 5.74) is 1.90. The van der Waals surface area contributed by atoms with Crippen LogP contribution in [0.4, 0.5) is 0 Å². The lowest BCUT2D eigenvalue weighted by atomic mass is 9.99. The molecule has 1 heterocycles. The fourth-order valence-corrected chi connectivity index (χ4v) is 2.09. The summed E-state index contributed by atoms with van der Waals surface area (Å²) in [6.45, 7) is 4.54. The second-order valence-corrected chi connectivity index (χ2v) is 4.41. The lowest BCUT2D eigenvalue weighted by Gasteiger charge is -2.17. The van der Waals surface area contributed by atoms with Gasteiger partial charge in [-0.25, -0.2) is 0 Å². The van der Waals surface area contributed by atoms with E-state index in [9.17, 15) is 0 Å². The molecule has 0 aromatic carbocycles. The second kappa shape index (κ2) is 5.35.